The normalized spacial score (nSPS) is 13.6. The molecule has 0 saturated heterocycles. The van der Waals surface area contributed by atoms with Crippen LogP contribution in [0.4, 0.5) is 0 Å². The molecule has 0 aliphatic heterocycles. The maximum absolute atomic E-state index is 13.3. The molecule has 0 bridgehead atoms. The summed E-state index contributed by atoms with van der Waals surface area (Å²) in [4.78, 5) is 13.1. The van der Waals surface area contributed by atoms with Gasteiger partial charge in [0.1, 0.15) is 0 Å². The number of carbonyl (C=O) groups excluding carboxylic acids is 1. The van der Waals surface area contributed by atoms with E-state index in [1.807, 2.05) is 0 Å². The fourth-order valence-electron chi connectivity index (χ4n) is 4.16. The van der Waals surface area contributed by atoms with Crippen LogP contribution >= 0.6 is 6.83 Å². The number of hydrogen-bond donors (Lipinski definition) is 1. The first-order valence-corrected chi connectivity index (χ1v) is 15.8. The molecule has 30 heavy (non-hydrogen) atoms. The second-order valence-electron chi connectivity index (χ2n) is 8.55. The molecule has 0 aliphatic carbocycles. The van der Waals surface area contributed by atoms with Crippen LogP contribution in [0, 0.1) is 0 Å². The van der Waals surface area contributed by atoms with Gasteiger partial charge in [0.05, 0.1) is 0 Å². The van der Waals surface area contributed by atoms with Crippen LogP contribution in [0.3, 0.4) is 0 Å². The molecule has 7 heteroatoms. The van der Waals surface area contributed by atoms with Gasteiger partial charge in [-0.1, -0.05) is 0 Å². The first-order valence-electron chi connectivity index (χ1n) is 11.5. The molecule has 5 nitrogen and oxygen atoms in total. The average Bonchev–Trinajstić information content (AvgIpc) is 2.73. The van der Waals surface area contributed by atoms with E-state index in [9.17, 15) is 17.8 Å². The molecule has 1 rings (SSSR count). The van der Waals surface area contributed by atoms with E-state index < -0.39 is 22.9 Å². The van der Waals surface area contributed by atoms with Gasteiger partial charge >= 0.3 is 184 Å². The Morgan fingerprint density at radius 2 is 1.30 bits per heavy atom. The van der Waals surface area contributed by atoms with Crippen LogP contribution in [0.5, 0.6) is 0 Å². The zero-order valence-corrected chi connectivity index (χ0v) is 20.9. The fraction of sp³-hybridized carbons (Fsp3) is 0.696. The van der Waals surface area contributed by atoms with Gasteiger partial charge in [0.15, 0.2) is 0 Å². The van der Waals surface area contributed by atoms with Crippen molar-refractivity contribution in [2.45, 2.75) is 84.0 Å². The van der Waals surface area contributed by atoms with Crippen molar-refractivity contribution in [1.29, 1.82) is 0 Å². The molecule has 1 aromatic rings. The summed E-state index contributed by atoms with van der Waals surface area (Å²) in [7, 11) is -4.37. The number of benzene rings is 1. The van der Waals surface area contributed by atoms with Crippen LogP contribution in [0.15, 0.2) is 29.2 Å². The SMILES string of the molecule is CCCCP(CCCC)(CCCC)(CCCC)OC(=O)c1cccc(S(=O)(=O)O)c1. The Morgan fingerprint density at radius 3 is 1.67 bits per heavy atom. The van der Waals surface area contributed by atoms with Crippen molar-refractivity contribution in [1.82, 2.24) is 0 Å². The van der Waals surface area contributed by atoms with Gasteiger partial charge in [-0.2, -0.15) is 0 Å². The predicted octanol–water partition coefficient (Wildman–Crippen LogP) is 6.76. The number of rotatable bonds is 15. The van der Waals surface area contributed by atoms with E-state index in [1.165, 1.54) is 18.2 Å². The van der Waals surface area contributed by atoms with Crippen LogP contribution in [-0.2, 0) is 14.6 Å². The second-order valence-corrected chi connectivity index (χ2v) is 15.7. The molecule has 0 atom stereocenters. The molecule has 0 heterocycles. The molecular weight excluding hydrogens is 419 g/mol. The third-order valence-electron chi connectivity index (χ3n) is 6.02. The van der Waals surface area contributed by atoms with Gasteiger partial charge in [-0.15, -0.1) is 0 Å². The van der Waals surface area contributed by atoms with Crippen molar-refractivity contribution >= 4 is 22.9 Å². The summed E-state index contributed by atoms with van der Waals surface area (Å²) in [5.74, 6) is -0.447. The van der Waals surface area contributed by atoms with E-state index in [0.29, 0.717) is 0 Å². The van der Waals surface area contributed by atoms with Crippen molar-refractivity contribution in [3.05, 3.63) is 29.8 Å². The summed E-state index contributed by atoms with van der Waals surface area (Å²) >= 11 is 0. The van der Waals surface area contributed by atoms with E-state index in [1.54, 1.807) is 6.07 Å². The predicted molar refractivity (Wildman–Crippen MR) is 128 cm³/mol. The summed E-state index contributed by atoms with van der Waals surface area (Å²) in [5, 5.41) is 0. The van der Waals surface area contributed by atoms with Crippen molar-refractivity contribution < 1.29 is 22.3 Å². The zero-order chi connectivity index (χ0) is 22.7. The fourth-order valence-corrected chi connectivity index (χ4v) is 11.4. The Bertz CT molecular complexity index is 732. The topological polar surface area (TPSA) is 80.7 Å². The maximum atomic E-state index is 13.3. The molecule has 0 aromatic heterocycles. The Balaban J connectivity index is 3.44. The Morgan fingerprint density at radius 1 is 0.867 bits per heavy atom. The molecule has 0 saturated carbocycles. The van der Waals surface area contributed by atoms with Crippen molar-refractivity contribution in [2.24, 2.45) is 0 Å². The van der Waals surface area contributed by atoms with Crippen LogP contribution < -0.4 is 0 Å². The molecular formula is C23H41O5PS. The van der Waals surface area contributed by atoms with E-state index in [4.69, 9.17) is 4.52 Å². The quantitative estimate of drug-likeness (QED) is 0.231. The van der Waals surface area contributed by atoms with Crippen LogP contribution in [0.25, 0.3) is 0 Å². The summed E-state index contributed by atoms with van der Waals surface area (Å²) in [5.41, 5.74) is 0.195. The standard InChI is InChI=1S/C23H41O5PS/c1-5-9-16-29(17-10-6-2,18-11-7-3,19-12-8-4)28-23(24)21-14-13-15-22(20-21)30(25,26)27/h13-15,20H,5-12,16-19H2,1-4H3,(H,25,26,27). The van der Waals surface area contributed by atoms with Gasteiger partial charge in [-0.25, -0.2) is 0 Å². The molecule has 0 spiro atoms. The third kappa shape index (κ3) is 7.62. The van der Waals surface area contributed by atoms with Gasteiger partial charge in [0.25, 0.3) is 0 Å². The third-order valence-corrected chi connectivity index (χ3v) is 13.3. The molecule has 0 fully saturated rings. The van der Waals surface area contributed by atoms with Gasteiger partial charge in [-0.3, -0.25) is 0 Å². The van der Waals surface area contributed by atoms with Gasteiger partial charge in [0, 0.05) is 0 Å². The molecule has 0 aliphatic rings. The Labute approximate surface area is 183 Å². The van der Waals surface area contributed by atoms with E-state index in [-0.39, 0.29) is 10.5 Å². The first kappa shape index (κ1) is 27.1. The van der Waals surface area contributed by atoms with Crippen LogP contribution in [-0.4, -0.2) is 43.6 Å². The van der Waals surface area contributed by atoms with E-state index in [2.05, 4.69) is 27.7 Å². The Kier molecular flexibility index (Phi) is 11.0. The number of carbonyl (C=O) groups is 1. The van der Waals surface area contributed by atoms with Crippen molar-refractivity contribution in [3.63, 3.8) is 0 Å². The van der Waals surface area contributed by atoms with E-state index in [0.717, 1.165) is 76.0 Å². The molecule has 174 valence electrons. The van der Waals surface area contributed by atoms with Gasteiger partial charge in [0.2, 0.25) is 0 Å². The molecule has 0 amide bonds. The molecule has 0 radical (unpaired) electrons. The summed E-state index contributed by atoms with van der Waals surface area (Å²) < 4.78 is 39.0. The average molecular weight is 461 g/mol. The van der Waals surface area contributed by atoms with Gasteiger partial charge in [-0.05, 0) is 0 Å². The summed E-state index contributed by atoms with van der Waals surface area (Å²) in [6.45, 7) is 5.88. The summed E-state index contributed by atoms with van der Waals surface area (Å²) in [6.07, 6.45) is 12.2. The first-order chi connectivity index (χ1) is 14.2. The van der Waals surface area contributed by atoms with Crippen molar-refractivity contribution in [2.75, 3.05) is 24.6 Å². The molecule has 0 unspecified atom stereocenters. The van der Waals surface area contributed by atoms with Crippen molar-refractivity contribution in [3.8, 4) is 0 Å². The van der Waals surface area contributed by atoms with Crippen LogP contribution in [0.2, 0.25) is 0 Å². The van der Waals surface area contributed by atoms with Crippen LogP contribution in [0.1, 0.15) is 89.4 Å². The zero-order valence-electron chi connectivity index (χ0n) is 19.2. The minimum absolute atomic E-state index is 0.195. The van der Waals surface area contributed by atoms with E-state index >= 15 is 0 Å². The summed E-state index contributed by atoms with van der Waals surface area (Å²) in [6, 6.07) is 5.56. The Hall–Kier alpha value is -0.970. The minimum atomic E-state index is -4.37. The number of hydrogen-bond acceptors (Lipinski definition) is 4. The second kappa shape index (κ2) is 12.2. The monoisotopic (exact) mass is 460 g/mol. The molecule has 1 N–H and O–H groups in total. The van der Waals surface area contributed by atoms with Gasteiger partial charge < -0.3 is 0 Å². The molecule has 1 aromatic carbocycles. The number of unbranched alkanes of at least 4 members (excludes halogenated alkanes) is 4.